The molecule has 0 heterocycles. The molecule has 0 spiro atoms. The van der Waals surface area contributed by atoms with Crippen LogP contribution >= 0.6 is 0 Å². The molecule has 0 fully saturated rings. The molecule has 0 bridgehead atoms. The van der Waals surface area contributed by atoms with Crippen molar-refractivity contribution in [2.45, 2.75) is 32.2 Å². The van der Waals surface area contributed by atoms with Gasteiger partial charge in [0.05, 0.1) is 19.3 Å². The molecule has 0 aliphatic heterocycles. The zero-order valence-electron chi connectivity index (χ0n) is 14.6. The van der Waals surface area contributed by atoms with Crippen LogP contribution in [0, 0.1) is 5.92 Å². The van der Waals surface area contributed by atoms with E-state index in [2.05, 4.69) is 0 Å². The molecule has 0 saturated carbocycles. The van der Waals surface area contributed by atoms with Crippen molar-refractivity contribution < 1.29 is 19.7 Å². The first-order valence-corrected chi connectivity index (χ1v) is 8.82. The predicted molar refractivity (Wildman–Crippen MR) is 98.0 cm³/mol. The molecule has 4 nitrogen and oxygen atoms in total. The van der Waals surface area contributed by atoms with Gasteiger partial charge >= 0.3 is 0 Å². The lowest BCUT2D eigenvalue weighted by molar-refractivity contribution is 0.00822. The molecule has 2 aromatic rings. The Bertz CT molecular complexity index is 559. The highest BCUT2D eigenvalue weighted by atomic mass is 16.5. The van der Waals surface area contributed by atoms with Gasteiger partial charge in [-0.05, 0) is 24.0 Å². The van der Waals surface area contributed by atoms with Crippen LogP contribution in [0.3, 0.4) is 0 Å². The maximum Gasteiger partial charge on any atom is 0.0716 e. The van der Waals surface area contributed by atoms with Crippen LogP contribution in [-0.4, -0.2) is 36.1 Å². The number of rotatable bonds is 12. The van der Waals surface area contributed by atoms with E-state index in [1.54, 1.807) is 0 Å². The summed E-state index contributed by atoms with van der Waals surface area (Å²) in [5.41, 5.74) is 2.24. The molecule has 0 aromatic heterocycles. The van der Waals surface area contributed by atoms with Crippen LogP contribution in [0.2, 0.25) is 0 Å². The molecule has 0 aliphatic rings. The molecule has 2 aromatic carbocycles. The Labute approximate surface area is 150 Å². The minimum Gasteiger partial charge on any atom is -0.396 e. The molecule has 0 radical (unpaired) electrons. The molecule has 2 N–H and O–H groups in total. The molecule has 4 heteroatoms. The smallest absolute Gasteiger partial charge is 0.0716 e. The molecule has 25 heavy (non-hydrogen) atoms. The third-order valence-corrected chi connectivity index (χ3v) is 4.19. The van der Waals surface area contributed by atoms with E-state index < -0.39 is 6.10 Å². The van der Waals surface area contributed by atoms with Crippen LogP contribution in [0.1, 0.15) is 24.0 Å². The van der Waals surface area contributed by atoms with Crippen molar-refractivity contribution >= 4 is 0 Å². The van der Waals surface area contributed by atoms with Crippen molar-refractivity contribution in [2.75, 3.05) is 19.8 Å². The zero-order chi connectivity index (χ0) is 17.7. The average Bonchev–Trinajstić information content (AvgIpc) is 2.67. The highest BCUT2D eigenvalue weighted by Gasteiger charge is 2.18. The van der Waals surface area contributed by atoms with Gasteiger partial charge in [-0.3, -0.25) is 0 Å². The first kappa shape index (κ1) is 19.6. The first-order valence-electron chi connectivity index (χ1n) is 8.82. The van der Waals surface area contributed by atoms with Crippen LogP contribution < -0.4 is 0 Å². The van der Waals surface area contributed by atoms with Crippen molar-refractivity contribution in [1.82, 2.24) is 0 Å². The number of aliphatic hydroxyl groups excluding tert-OH is 2. The Balaban J connectivity index is 1.58. The van der Waals surface area contributed by atoms with Crippen molar-refractivity contribution in [3.8, 4) is 0 Å². The van der Waals surface area contributed by atoms with Gasteiger partial charge in [-0.25, -0.2) is 0 Å². The lowest BCUT2D eigenvalue weighted by Crippen LogP contribution is -2.26. The molecule has 0 aliphatic carbocycles. The summed E-state index contributed by atoms with van der Waals surface area (Å²) in [5, 5.41) is 19.7. The summed E-state index contributed by atoms with van der Waals surface area (Å²) in [6.07, 6.45) is 0.557. The third kappa shape index (κ3) is 7.80. The molecule has 0 saturated heterocycles. The summed E-state index contributed by atoms with van der Waals surface area (Å²) in [7, 11) is 0. The second-order valence-corrected chi connectivity index (χ2v) is 6.16. The van der Waals surface area contributed by atoms with Crippen LogP contribution in [0.15, 0.2) is 60.7 Å². The molecule has 2 unspecified atom stereocenters. The number of aliphatic hydroxyl groups is 2. The van der Waals surface area contributed by atoms with Crippen LogP contribution in [0.25, 0.3) is 0 Å². The van der Waals surface area contributed by atoms with Crippen molar-refractivity contribution in [3.63, 3.8) is 0 Å². The van der Waals surface area contributed by atoms with Crippen molar-refractivity contribution in [3.05, 3.63) is 71.8 Å². The molecular weight excluding hydrogens is 316 g/mol. The quantitative estimate of drug-likeness (QED) is 0.581. The summed E-state index contributed by atoms with van der Waals surface area (Å²) in [6.45, 7) is 2.03. The van der Waals surface area contributed by atoms with Gasteiger partial charge in [0, 0.05) is 25.7 Å². The zero-order valence-corrected chi connectivity index (χ0v) is 14.6. The lowest BCUT2D eigenvalue weighted by Gasteiger charge is -2.21. The van der Waals surface area contributed by atoms with E-state index in [1.165, 1.54) is 0 Å². The van der Waals surface area contributed by atoms with Crippen LogP contribution in [-0.2, 0) is 22.7 Å². The van der Waals surface area contributed by atoms with Gasteiger partial charge in [-0.2, -0.15) is 0 Å². The highest BCUT2D eigenvalue weighted by Crippen LogP contribution is 2.13. The first-order chi connectivity index (χ1) is 12.3. The normalized spacial score (nSPS) is 13.5. The van der Waals surface area contributed by atoms with E-state index in [-0.39, 0.29) is 12.5 Å². The molecule has 2 atom stereocenters. The minimum atomic E-state index is -0.582. The van der Waals surface area contributed by atoms with E-state index in [4.69, 9.17) is 9.47 Å². The van der Waals surface area contributed by atoms with Gasteiger partial charge in [0.2, 0.25) is 0 Å². The molecular formula is C21H28O4. The Morgan fingerprint density at radius 3 is 1.68 bits per heavy atom. The number of hydrogen-bond acceptors (Lipinski definition) is 4. The maximum atomic E-state index is 10.2. The Morgan fingerprint density at radius 1 is 0.720 bits per heavy atom. The van der Waals surface area contributed by atoms with Gasteiger partial charge in [0.25, 0.3) is 0 Å². The second kappa shape index (κ2) is 11.8. The monoisotopic (exact) mass is 344 g/mol. The lowest BCUT2D eigenvalue weighted by atomic mass is 9.98. The van der Waals surface area contributed by atoms with Crippen molar-refractivity contribution in [2.24, 2.45) is 5.92 Å². The van der Waals surface area contributed by atoms with Crippen LogP contribution in [0.4, 0.5) is 0 Å². The van der Waals surface area contributed by atoms with Gasteiger partial charge in [-0.15, -0.1) is 0 Å². The van der Waals surface area contributed by atoms with Gasteiger partial charge < -0.3 is 19.7 Å². The SMILES string of the molecule is OCC(CCOCc1ccccc1)C(O)CCOCc1ccccc1. The summed E-state index contributed by atoms with van der Waals surface area (Å²) in [5.74, 6) is -0.184. The average molecular weight is 344 g/mol. The predicted octanol–water partition coefficient (Wildman–Crippen LogP) is 3.17. The summed E-state index contributed by atoms with van der Waals surface area (Å²) >= 11 is 0. The van der Waals surface area contributed by atoms with E-state index in [9.17, 15) is 10.2 Å². The number of benzene rings is 2. The number of ether oxygens (including phenoxy) is 2. The number of hydrogen-bond donors (Lipinski definition) is 2. The standard InChI is InChI=1S/C21H28O4/c22-15-20(11-13-24-16-18-7-3-1-4-8-18)21(23)12-14-25-17-19-9-5-2-6-10-19/h1-10,20-23H,11-17H2. The van der Waals surface area contributed by atoms with E-state index in [0.29, 0.717) is 39.3 Å². The second-order valence-electron chi connectivity index (χ2n) is 6.16. The topological polar surface area (TPSA) is 58.9 Å². The van der Waals surface area contributed by atoms with Gasteiger partial charge in [0.15, 0.2) is 0 Å². The van der Waals surface area contributed by atoms with Gasteiger partial charge in [0.1, 0.15) is 0 Å². The fraction of sp³-hybridized carbons (Fsp3) is 0.429. The third-order valence-electron chi connectivity index (χ3n) is 4.19. The highest BCUT2D eigenvalue weighted by molar-refractivity contribution is 5.14. The molecule has 136 valence electrons. The molecule has 0 amide bonds. The molecule has 2 rings (SSSR count). The van der Waals surface area contributed by atoms with Gasteiger partial charge in [-0.1, -0.05) is 60.7 Å². The van der Waals surface area contributed by atoms with Crippen LogP contribution in [0.5, 0.6) is 0 Å². The fourth-order valence-electron chi connectivity index (χ4n) is 2.61. The summed E-state index contributed by atoms with van der Waals surface area (Å²) < 4.78 is 11.2. The van der Waals surface area contributed by atoms with Crippen molar-refractivity contribution in [1.29, 1.82) is 0 Å². The Kier molecular flexibility index (Phi) is 9.23. The Morgan fingerprint density at radius 2 is 1.20 bits per heavy atom. The minimum absolute atomic E-state index is 0.0471. The summed E-state index contributed by atoms with van der Waals surface area (Å²) in [6, 6.07) is 19.9. The maximum absolute atomic E-state index is 10.2. The van der Waals surface area contributed by atoms with E-state index in [1.807, 2.05) is 60.7 Å². The van der Waals surface area contributed by atoms with E-state index in [0.717, 1.165) is 11.1 Å². The van der Waals surface area contributed by atoms with E-state index >= 15 is 0 Å². The Hall–Kier alpha value is -1.72. The summed E-state index contributed by atoms with van der Waals surface area (Å²) in [4.78, 5) is 0. The fourth-order valence-corrected chi connectivity index (χ4v) is 2.61. The largest absolute Gasteiger partial charge is 0.396 e.